The minimum absolute atomic E-state index is 0.142. The van der Waals surface area contributed by atoms with Gasteiger partial charge in [-0.2, -0.15) is 0 Å². The third kappa shape index (κ3) is 5.55. The molecule has 0 spiro atoms. The van der Waals surface area contributed by atoms with Crippen molar-refractivity contribution in [1.29, 1.82) is 0 Å². The summed E-state index contributed by atoms with van der Waals surface area (Å²) < 4.78 is 32.3. The summed E-state index contributed by atoms with van der Waals surface area (Å²) in [4.78, 5) is 0. The van der Waals surface area contributed by atoms with Crippen LogP contribution in [0, 0.1) is 0 Å². The van der Waals surface area contributed by atoms with E-state index in [-0.39, 0.29) is 5.75 Å². The molecule has 1 unspecified atom stereocenters. The van der Waals surface area contributed by atoms with E-state index in [2.05, 4.69) is 10.0 Å². The van der Waals surface area contributed by atoms with Gasteiger partial charge in [-0.15, -0.1) is 0 Å². The van der Waals surface area contributed by atoms with Gasteiger partial charge in [0.05, 0.1) is 18.0 Å². The Morgan fingerprint density at radius 2 is 2.24 bits per heavy atom. The normalized spacial score (nSPS) is 19.2. The lowest BCUT2D eigenvalue weighted by Crippen LogP contribution is -2.36. The minimum atomic E-state index is -3.31. The SMILES string of the molecule is CCOc1cccc(NS(=O)(=O)CCC2CCCCN2)c1. The smallest absolute Gasteiger partial charge is 0.232 e. The summed E-state index contributed by atoms with van der Waals surface area (Å²) in [6.07, 6.45) is 4.09. The van der Waals surface area contributed by atoms with Crippen molar-refractivity contribution in [3.05, 3.63) is 24.3 Å². The molecular formula is C15H24N2O3S. The van der Waals surface area contributed by atoms with Crippen molar-refractivity contribution in [1.82, 2.24) is 5.32 Å². The molecule has 118 valence electrons. The highest BCUT2D eigenvalue weighted by Gasteiger charge is 2.17. The average Bonchev–Trinajstić information content (AvgIpc) is 2.47. The lowest BCUT2D eigenvalue weighted by Gasteiger charge is -2.23. The highest BCUT2D eigenvalue weighted by molar-refractivity contribution is 7.92. The second-order valence-corrected chi connectivity index (χ2v) is 7.16. The molecule has 1 saturated heterocycles. The third-order valence-electron chi connectivity index (χ3n) is 3.57. The Bertz CT molecular complexity index is 540. The molecule has 1 aromatic rings. The molecule has 1 aromatic carbocycles. The summed E-state index contributed by atoms with van der Waals surface area (Å²) in [7, 11) is -3.31. The summed E-state index contributed by atoms with van der Waals surface area (Å²) in [5, 5.41) is 3.37. The number of hydrogen-bond donors (Lipinski definition) is 2. The van der Waals surface area contributed by atoms with Crippen molar-refractivity contribution in [2.75, 3.05) is 23.6 Å². The maximum absolute atomic E-state index is 12.1. The minimum Gasteiger partial charge on any atom is -0.494 e. The first kappa shape index (κ1) is 16.1. The molecule has 1 heterocycles. The number of benzene rings is 1. The van der Waals surface area contributed by atoms with Crippen LogP contribution >= 0.6 is 0 Å². The quantitative estimate of drug-likeness (QED) is 0.811. The molecule has 0 amide bonds. The second kappa shape index (κ2) is 7.66. The summed E-state index contributed by atoms with van der Waals surface area (Å²) in [6, 6.07) is 7.36. The predicted octanol–water partition coefficient (Wildman–Crippen LogP) is 2.36. The summed E-state index contributed by atoms with van der Waals surface area (Å²) in [5.74, 6) is 0.815. The Morgan fingerprint density at radius 3 is 2.95 bits per heavy atom. The van der Waals surface area contributed by atoms with Gasteiger partial charge in [0.15, 0.2) is 0 Å². The molecule has 1 fully saturated rings. The molecule has 21 heavy (non-hydrogen) atoms. The van der Waals surface area contributed by atoms with E-state index >= 15 is 0 Å². The first-order valence-corrected chi connectivity index (χ1v) is 9.21. The number of rotatable bonds is 7. The lowest BCUT2D eigenvalue weighted by atomic mass is 10.0. The predicted molar refractivity (Wildman–Crippen MR) is 85.3 cm³/mol. The van der Waals surface area contributed by atoms with Gasteiger partial charge in [0.1, 0.15) is 5.75 Å². The van der Waals surface area contributed by atoms with Crippen molar-refractivity contribution in [2.45, 2.75) is 38.6 Å². The van der Waals surface area contributed by atoms with E-state index in [9.17, 15) is 8.42 Å². The maximum Gasteiger partial charge on any atom is 0.232 e. The monoisotopic (exact) mass is 312 g/mol. The van der Waals surface area contributed by atoms with Crippen LogP contribution in [-0.2, 0) is 10.0 Å². The van der Waals surface area contributed by atoms with Crippen LogP contribution in [0.5, 0.6) is 5.75 Å². The molecule has 0 bridgehead atoms. The summed E-state index contributed by atoms with van der Waals surface area (Å²) >= 11 is 0. The van der Waals surface area contributed by atoms with Crippen molar-refractivity contribution in [2.24, 2.45) is 0 Å². The molecule has 0 saturated carbocycles. The molecule has 5 nitrogen and oxygen atoms in total. The fraction of sp³-hybridized carbons (Fsp3) is 0.600. The van der Waals surface area contributed by atoms with E-state index in [0.29, 0.717) is 30.5 Å². The fourth-order valence-corrected chi connectivity index (χ4v) is 3.70. The van der Waals surface area contributed by atoms with Crippen molar-refractivity contribution in [3.8, 4) is 5.75 Å². The fourth-order valence-electron chi connectivity index (χ4n) is 2.51. The molecule has 1 aliphatic heterocycles. The molecule has 0 aromatic heterocycles. The Kier molecular flexibility index (Phi) is 5.87. The third-order valence-corrected chi connectivity index (χ3v) is 4.89. The van der Waals surface area contributed by atoms with E-state index in [1.165, 1.54) is 12.8 Å². The first-order valence-electron chi connectivity index (χ1n) is 7.56. The van der Waals surface area contributed by atoms with Crippen LogP contribution < -0.4 is 14.8 Å². The first-order chi connectivity index (χ1) is 10.1. The Morgan fingerprint density at radius 1 is 1.38 bits per heavy atom. The summed E-state index contributed by atoms with van der Waals surface area (Å²) in [5.41, 5.74) is 0.553. The number of anilines is 1. The Labute approximate surface area is 127 Å². The van der Waals surface area contributed by atoms with Crippen LogP contribution in [0.1, 0.15) is 32.6 Å². The van der Waals surface area contributed by atoms with Gasteiger partial charge >= 0.3 is 0 Å². The highest BCUT2D eigenvalue weighted by atomic mass is 32.2. The van der Waals surface area contributed by atoms with Crippen LogP contribution in [0.2, 0.25) is 0 Å². The zero-order valence-corrected chi connectivity index (χ0v) is 13.3. The zero-order chi connectivity index (χ0) is 15.1. The lowest BCUT2D eigenvalue weighted by molar-refractivity contribution is 0.340. The molecule has 2 N–H and O–H groups in total. The topological polar surface area (TPSA) is 67.4 Å². The zero-order valence-electron chi connectivity index (χ0n) is 12.5. The largest absolute Gasteiger partial charge is 0.494 e. The van der Waals surface area contributed by atoms with E-state index in [1.807, 2.05) is 13.0 Å². The van der Waals surface area contributed by atoms with E-state index in [4.69, 9.17) is 4.74 Å². The van der Waals surface area contributed by atoms with Gasteiger partial charge in [0.2, 0.25) is 10.0 Å². The average molecular weight is 312 g/mol. The molecule has 0 aliphatic carbocycles. The van der Waals surface area contributed by atoms with Gasteiger partial charge in [-0.25, -0.2) is 8.42 Å². The van der Waals surface area contributed by atoms with E-state index in [0.717, 1.165) is 13.0 Å². The van der Waals surface area contributed by atoms with Crippen LogP contribution in [0.3, 0.4) is 0 Å². The molecule has 2 rings (SSSR count). The van der Waals surface area contributed by atoms with Crippen LogP contribution in [0.4, 0.5) is 5.69 Å². The Balaban J connectivity index is 1.89. The van der Waals surface area contributed by atoms with Gasteiger partial charge in [-0.05, 0) is 44.9 Å². The summed E-state index contributed by atoms with van der Waals surface area (Å²) in [6.45, 7) is 3.45. The van der Waals surface area contributed by atoms with Crippen LogP contribution in [-0.4, -0.2) is 33.4 Å². The molecule has 0 radical (unpaired) electrons. The van der Waals surface area contributed by atoms with Gasteiger partial charge < -0.3 is 10.1 Å². The standard InChI is InChI=1S/C15H24N2O3S/c1-2-20-15-8-5-7-14(12-15)17-21(18,19)11-9-13-6-3-4-10-16-13/h5,7-8,12-13,16-17H,2-4,6,9-11H2,1H3. The van der Waals surface area contributed by atoms with Crippen LogP contribution in [0.15, 0.2) is 24.3 Å². The molecule has 6 heteroatoms. The Hall–Kier alpha value is -1.27. The number of piperidine rings is 1. The number of sulfonamides is 1. The van der Waals surface area contributed by atoms with Gasteiger partial charge in [0.25, 0.3) is 0 Å². The molecular weight excluding hydrogens is 288 g/mol. The van der Waals surface area contributed by atoms with Gasteiger partial charge in [-0.1, -0.05) is 12.5 Å². The van der Waals surface area contributed by atoms with Gasteiger partial charge in [-0.3, -0.25) is 4.72 Å². The highest BCUT2D eigenvalue weighted by Crippen LogP contribution is 2.19. The number of ether oxygens (including phenoxy) is 1. The van der Waals surface area contributed by atoms with Crippen molar-refractivity contribution >= 4 is 15.7 Å². The van der Waals surface area contributed by atoms with Crippen molar-refractivity contribution in [3.63, 3.8) is 0 Å². The molecule has 1 atom stereocenters. The maximum atomic E-state index is 12.1. The number of hydrogen-bond acceptors (Lipinski definition) is 4. The molecule has 1 aliphatic rings. The second-order valence-electron chi connectivity index (χ2n) is 5.32. The van der Waals surface area contributed by atoms with E-state index in [1.54, 1.807) is 18.2 Å². The van der Waals surface area contributed by atoms with E-state index < -0.39 is 10.0 Å². The van der Waals surface area contributed by atoms with Gasteiger partial charge in [0, 0.05) is 12.1 Å². The number of nitrogens with one attached hydrogen (secondary N) is 2. The van der Waals surface area contributed by atoms with Crippen LogP contribution in [0.25, 0.3) is 0 Å². The van der Waals surface area contributed by atoms with Crippen molar-refractivity contribution < 1.29 is 13.2 Å².